The van der Waals surface area contributed by atoms with Gasteiger partial charge in [0.25, 0.3) is 0 Å². The third-order valence-corrected chi connectivity index (χ3v) is 2.68. The van der Waals surface area contributed by atoms with Crippen LogP contribution in [0.3, 0.4) is 0 Å². The summed E-state index contributed by atoms with van der Waals surface area (Å²) < 4.78 is 5.48. The summed E-state index contributed by atoms with van der Waals surface area (Å²) in [6.07, 6.45) is 1.40. The average Bonchev–Trinajstić information content (AvgIpc) is 2.39. The van der Waals surface area contributed by atoms with E-state index in [0.717, 1.165) is 10.3 Å². The van der Waals surface area contributed by atoms with E-state index in [-0.39, 0.29) is 0 Å². The van der Waals surface area contributed by atoms with E-state index in [1.165, 1.54) is 13.3 Å². The first-order chi connectivity index (χ1) is 8.63. The van der Waals surface area contributed by atoms with Gasteiger partial charge >= 0.3 is 5.97 Å². The molecule has 0 aliphatic rings. The summed E-state index contributed by atoms with van der Waals surface area (Å²) in [5.74, 6) is -0.447. The molecule has 1 aromatic heterocycles. The first-order valence-corrected chi connectivity index (χ1v) is 5.51. The van der Waals surface area contributed by atoms with Gasteiger partial charge in [0.2, 0.25) is 5.69 Å². The zero-order valence-electron chi connectivity index (χ0n) is 10.2. The lowest BCUT2D eigenvalue weighted by atomic mass is 10.0. The molecular weight excluding hydrogens is 230 g/mol. The van der Waals surface area contributed by atoms with Gasteiger partial charge in [-0.3, -0.25) is 0 Å². The Labute approximate surface area is 105 Å². The van der Waals surface area contributed by atoms with Crippen LogP contribution in [-0.2, 0) is 4.74 Å². The second-order valence-corrected chi connectivity index (χ2v) is 3.95. The first-order valence-electron chi connectivity index (χ1n) is 5.51. The number of carbonyl (C=O) groups excluding carboxylic acids is 1. The molecule has 18 heavy (non-hydrogen) atoms. The van der Waals surface area contributed by atoms with Gasteiger partial charge in [0.15, 0.2) is 6.20 Å². The van der Waals surface area contributed by atoms with Crippen molar-refractivity contribution >= 4 is 5.97 Å². The van der Waals surface area contributed by atoms with Crippen LogP contribution in [0.4, 0.5) is 0 Å². The summed E-state index contributed by atoms with van der Waals surface area (Å²) in [5, 5.41) is 11.7. The molecule has 0 N–H and O–H groups in total. The van der Waals surface area contributed by atoms with Crippen LogP contribution in [0.25, 0.3) is 11.3 Å². The number of carbonyl (C=O) groups is 1. The van der Waals surface area contributed by atoms with Gasteiger partial charge in [-0.15, -0.1) is 0 Å². The number of rotatable bonds is 2. The summed E-state index contributed by atoms with van der Waals surface area (Å²) in [6.45, 7) is 1.88. The van der Waals surface area contributed by atoms with E-state index in [1.54, 1.807) is 30.3 Å². The Morgan fingerprint density at radius 3 is 2.72 bits per heavy atom. The van der Waals surface area contributed by atoms with Crippen molar-refractivity contribution in [1.82, 2.24) is 0 Å². The maximum Gasteiger partial charge on any atom is 0.338 e. The largest absolute Gasteiger partial charge is 0.618 e. The Morgan fingerprint density at radius 2 is 2.06 bits per heavy atom. The zero-order chi connectivity index (χ0) is 13.1. The Morgan fingerprint density at radius 1 is 1.28 bits per heavy atom. The molecule has 0 aliphatic heterocycles. The van der Waals surface area contributed by atoms with E-state index < -0.39 is 5.97 Å². The van der Waals surface area contributed by atoms with E-state index in [2.05, 4.69) is 0 Å². The number of aryl methyl sites for hydroxylation is 1. The number of benzene rings is 1. The van der Waals surface area contributed by atoms with Crippen LogP contribution in [0.5, 0.6) is 0 Å². The minimum atomic E-state index is -0.447. The molecule has 0 spiro atoms. The van der Waals surface area contributed by atoms with E-state index in [9.17, 15) is 10.0 Å². The van der Waals surface area contributed by atoms with Crippen molar-refractivity contribution < 1.29 is 14.3 Å². The van der Waals surface area contributed by atoms with Crippen molar-refractivity contribution in [2.75, 3.05) is 7.11 Å². The summed E-state index contributed by atoms with van der Waals surface area (Å²) in [4.78, 5) is 11.7. The third-order valence-electron chi connectivity index (χ3n) is 2.68. The molecule has 0 amide bonds. The molecule has 0 radical (unpaired) electrons. The standard InChI is InChI=1S/C14H13NO3/c1-10-6-7-11(12(9-10)14(16)18-2)13-5-3-4-8-15(13)17/h3-9H,1-2H3. The molecule has 4 heteroatoms. The number of esters is 1. The number of methoxy groups -OCH3 is 1. The predicted octanol–water partition coefficient (Wildman–Crippen LogP) is 2.08. The summed E-state index contributed by atoms with van der Waals surface area (Å²) in [5.41, 5.74) is 2.33. The number of hydrogen-bond acceptors (Lipinski definition) is 3. The molecule has 0 saturated carbocycles. The van der Waals surface area contributed by atoms with Gasteiger partial charge in [-0.2, -0.15) is 4.73 Å². The Kier molecular flexibility index (Phi) is 3.28. The molecule has 0 aliphatic carbocycles. The lowest BCUT2D eigenvalue weighted by Crippen LogP contribution is -2.28. The fourth-order valence-electron chi connectivity index (χ4n) is 1.80. The van der Waals surface area contributed by atoms with Gasteiger partial charge in [0.05, 0.1) is 18.2 Å². The van der Waals surface area contributed by atoms with Gasteiger partial charge in [-0.1, -0.05) is 11.6 Å². The molecule has 4 nitrogen and oxygen atoms in total. The minimum Gasteiger partial charge on any atom is -0.618 e. The second-order valence-electron chi connectivity index (χ2n) is 3.95. The van der Waals surface area contributed by atoms with Crippen LogP contribution in [0.1, 0.15) is 15.9 Å². The Balaban J connectivity index is 2.64. The van der Waals surface area contributed by atoms with Gasteiger partial charge in [0, 0.05) is 12.1 Å². The van der Waals surface area contributed by atoms with Crippen LogP contribution in [-0.4, -0.2) is 13.1 Å². The number of ether oxygens (including phenoxy) is 1. The molecule has 2 rings (SSSR count). The smallest absolute Gasteiger partial charge is 0.338 e. The molecule has 1 heterocycles. The lowest BCUT2D eigenvalue weighted by Gasteiger charge is -2.09. The zero-order valence-corrected chi connectivity index (χ0v) is 10.2. The number of pyridine rings is 1. The quantitative estimate of drug-likeness (QED) is 0.461. The molecule has 0 fully saturated rings. The Hall–Kier alpha value is -2.36. The van der Waals surface area contributed by atoms with Crippen LogP contribution >= 0.6 is 0 Å². The predicted molar refractivity (Wildman–Crippen MR) is 66.9 cm³/mol. The van der Waals surface area contributed by atoms with Crippen molar-refractivity contribution in [3.8, 4) is 11.3 Å². The highest BCUT2D eigenvalue weighted by atomic mass is 16.5. The SMILES string of the molecule is COC(=O)c1cc(C)ccc1-c1cccc[n+]1[O-]. The molecule has 2 aromatic rings. The van der Waals surface area contributed by atoms with E-state index >= 15 is 0 Å². The third kappa shape index (κ3) is 2.18. The van der Waals surface area contributed by atoms with Crippen LogP contribution < -0.4 is 4.73 Å². The normalized spacial score (nSPS) is 10.1. The van der Waals surface area contributed by atoms with Crippen LogP contribution in [0, 0.1) is 12.1 Å². The van der Waals surface area contributed by atoms with Gasteiger partial charge in [-0.05, 0) is 25.1 Å². The molecule has 0 unspecified atom stereocenters. The highest BCUT2D eigenvalue weighted by Crippen LogP contribution is 2.22. The lowest BCUT2D eigenvalue weighted by molar-refractivity contribution is -0.593. The number of hydrogen-bond donors (Lipinski definition) is 0. The topological polar surface area (TPSA) is 53.2 Å². The number of aromatic nitrogens is 1. The van der Waals surface area contributed by atoms with Gasteiger partial charge in [0.1, 0.15) is 0 Å². The molecule has 0 atom stereocenters. The monoisotopic (exact) mass is 243 g/mol. The van der Waals surface area contributed by atoms with Crippen molar-refractivity contribution in [1.29, 1.82) is 0 Å². The summed E-state index contributed by atoms with van der Waals surface area (Å²) in [7, 11) is 1.32. The van der Waals surface area contributed by atoms with Crippen molar-refractivity contribution in [3.05, 3.63) is 58.9 Å². The highest BCUT2D eigenvalue weighted by Gasteiger charge is 2.18. The van der Waals surface area contributed by atoms with Gasteiger partial charge in [-0.25, -0.2) is 4.79 Å². The first kappa shape index (κ1) is 12.1. The van der Waals surface area contributed by atoms with Gasteiger partial charge < -0.3 is 9.94 Å². The molecule has 0 bridgehead atoms. The fourth-order valence-corrected chi connectivity index (χ4v) is 1.80. The number of nitrogens with zero attached hydrogens (tertiary/aromatic N) is 1. The van der Waals surface area contributed by atoms with E-state index in [1.807, 2.05) is 13.0 Å². The molecule has 0 saturated heterocycles. The van der Waals surface area contributed by atoms with Crippen molar-refractivity contribution in [3.63, 3.8) is 0 Å². The van der Waals surface area contributed by atoms with Crippen LogP contribution in [0.2, 0.25) is 0 Å². The van der Waals surface area contributed by atoms with E-state index in [0.29, 0.717) is 16.8 Å². The Bertz CT molecular complexity index is 593. The minimum absolute atomic E-state index is 0.397. The fraction of sp³-hybridized carbons (Fsp3) is 0.143. The maximum absolute atomic E-state index is 11.7. The maximum atomic E-state index is 11.7. The van der Waals surface area contributed by atoms with Crippen molar-refractivity contribution in [2.45, 2.75) is 6.92 Å². The van der Waals surface area contributed by atoms with E-state index in [4.69, 9.17) is 4.74 Å². The highest BCUT2D eigenvalue weighted by molar-refractivity contribution is 5.96. The second kappa shape index (κ2) is 4.87. The summed E-state index contributed by atoms with van der Waals surface area (Å²) >= 11 is 0. The average molecular weight is 243 g/mol. The summed E-state index contributed by atoms with van der Waals surface area (Å²) in [6, 6.07) is 10.4. The molecule has 92 valence electrons. The molecule has 1 aromatic carbocycles. The molecular formula is C14H13NO3. The van der Waals surface area contributed by atoms with Crippen LogP contribution in [0.15, 0.2) is 42.6 Å². The van der Waals surface area contributed by atoms with Crippen molar-refractivity contribution in [2.24, 2.45) is 0 Å².